The van der Waals surface area contributed by atoms with E-state index in [2.05, 4.69) is 15.4 Å². The van der Waals surface area contributed by atoms with Crippen LogP contribution in [0.25, 0.3) is 0 Å². The molecule has 0 spiro atoms. The largest absolute Gasteiger partial charge is 0.457 e. The molecule has 0 aliphatic heterocycles. The molecule has 0 radical (unpaired) electrons. The molecule has 1 N–H and O–H groups in total. The molecule has 0 saturated heterocycles. The molecule has 2 heterocycles. The number of hydrogen-bond donors (Lipinski definition) is 1. The van der Waals surface area contributed by atoms with Gasteiger partial charge in [-0.05, 0) is 54.1 Å². The standard InChI is InChI=1S/C22H18N4O2/c27-22(18-6-8-20(9-7-18)28-19-4-2-1-3-5-19)24-21-12-15-26(25-21)16-17-10-13-23-14-11-17/h1-15H,16H2,(H,24,25,27). The molecular weight excluding hydrogens is 352 g/mol. The van der Waals surface area contributed by atoms with Crippen molar-refractivity contribution in [3.8, 4) is 11.5 Å². The van der Waals surface area contributed by atoms with Gasteiger partial charge in [0.25, 0.3) is 5.91 Å². The smallest absolute Gasteiger partial charge is 0.256 e. The first kappa shape index (κ1) is 17.5. The van der Waals surface area contributed by atoms with Crippen molar-refractivity contribution in [2.24, 2.45) is 0 Å². The maximum atomic E-state index is 12.4. The topological polar surface area (TPSA) is 69.0 Å². The number of carbonyl (C=O) groups is 1. The molecule has 4 aromatic rings. The molecule has 6 nitrogen and oxygen atoms in total. The van der Waals surface area contributed by atoms with E-state index in [-0.39, 0.29) is 5.91 Å². The zero-order valence-electron chi connectivity index (χ0n) is 15.0. The highest BCUT2D eigenvalue weighted by molar-refractivity contribution is 6.03. The van der Waals surface area contributed by atoms with E-state index in [4.69, 9.17) is 4.74 Å². The van der Waals surface area contributed by atoms with Crippen LogP contribution in [-0.4, -0.2) is 20.7 Å². The minimum absolute atomic E-state index is 0.222. The number of amides is 1. The molecule has 0 saturated carbocycles. The monoisotopic (exact) mass is 370 g/mol. The average molecular weight is 370 g/mol. The number of para-hydroxylation sites is 1. The summed E-state index contributed by atoms with van der Waals surface area (Å²) < 4.78 is 7.51. The summed E-state index contributed by atoms with van der Waals surface area (Å²) in [5, 5.41) is 7.19. The third-order valence-corrected chi connectivity index (χ3v) is 4.07. The first-order valence-corrected chi connectivity index (χ1v) is 8.83. The fraction of sp³-hybridized carbons (Fsp3) is 0.0455. The van der Waals surface area contributed by atoms with Gasteiger partial charge in [-0.2, -0.15) is 5.10 Å². The SMILES string of the molecule is O=C(Nc1ccn(Cc2ccncc2)n1)c1ccc(Oc2ccccc2)cc1. The van der Waals surface area contributed by atoms with Crippen LogP contribution < -0.4 is 10.1 Å². The Hall–Kier alpha value is -3.93. The first-order valence-electron chi connectivity index (χ1n) is 8.83. The molecule has 0 aliphatic carbocycles. The number of nitrogens with zero attached hydrogens (tertiary/aromatic N) is 3. The van der Waals surface area contributed by atoms with Gasteiger partial charge in [-0.1, -0.05) is 18.2 Å². The van der Waals surface area contributed by atoms with Gasteiger partial charge < -0.3 is 10.1 Å². The molecule has 0 fully saturated rings. The Morgan fingerprint density at radius 1 is 0.893 bits per heavy atom. The van der Waals surface area contributed by atoms with Crippen LogP contribution in [0.4, 0.5) is 5.82 Å². The lowest BCUT2D eigenvalue weighted by atomic mass is 10.2. The number of benzene rings is 2. The lowest BCUT2D eigenvalue weighted by Crippen LogP contribution is -2.12. The predicted octanol–water partition coefficient (Wildman–Crippen LogP) is 4.37. The van der Waals surface area contributed by atoms with E-state index >= 15 is 0 Å². The lowest BCUT2D eigenvalue weighted by molar-refractivity contribution is 0.102. The number of carbonyl (C=O) groups excluding carboxylic acids is 1. The molecular formula is C22H18N4O2. The van der Waals surface area contributed by atoms with Crippen LogP contribution in [0.5, 0.6) is 11.5 Å². The Bertz CT molecular complexity index is 1040. The molecule has 0 aliphatic rings. The van der Waals surface area contributed by atoms with Crippen molar-refractivity contribution >= 4 is 11.7 Å². The maximum Gasteiger partial charge on any atom is 0.256 e. The summed E-state index contributed by atoms with van der Waals surface area (Å²) in [7, 11) is 0. The van der Waals surface area contributed by atoms with Crippen LogP contribution in [-0.2, 0) is 6.54 Å². The van der Waals surface area contributed by atoms with Crippen LogP contribution >= 0.6 is 0 Å². The van der Waals surface area contributed by atoms with Gasteiger partial charge in [0.2, 0.25) is 0 Å². The number of hydrogen-bond acceptors (Lipinski definition) is 4. The van der Waals surface area contributed by atoms with E-state index in [0.717, 1.165) is 11.3 Å². The molecule has 138 valence electrons. The number of aromatic nitrogens is 3. The van der Waals surface area contributed by atoms with Gasteiger partial charge in [-0.3, -0.25) is 14.5 Å². The quantitative estimate of drug-likeness (QED) is 0.547. The van der Waals surface area contributed by atoms with Gasteiger partial charge in [-0.15, -0.1) is 0 Å². The molecule has 0 atom stereocenters. The summed E-state index contributed by atoms with van der Waals surface area (Å²) in [4.78, 5) is 16.4. The Morgan fingerprint density at radius 3 is 2.36 bits per heavy atom. The van der Waals surface area contributed by atoms with Crippen molar-refractivity contribution in [2.75, 3.05) is 5.32 Å². The van der Waals surface area contributed by atoms with Gasteiger partial charge in [0.05, 0.1) is 6.54 Å². The molecule has 4 rings (SSSR count). The van der Waals surface area contributed by atoms with E-state index in [1.807, 2.05) is 48.7 Å². The number of nitrogens with one attached hydrogen (secondary N) is 1. The lowest BCUT2D eigenvalue weighted by Gasteiger charge is -2.07. The van der Waals surface area contributed by atoms with Crippen LogP contribution in [0.15, 0.2) is 91.4 Å². The summed E-state index contributed by atoms with van der Waals surface area (Å²) >= 11 is 0. The fourth-order valence-corrected chi connectivity index (χ4v) is 2.68. The van der Waals surface area contributed by atoms with Crippen molar-refractivity contribution in [3.05, 3.63) is 103 Å². The Kier molecular flexibility index (Phi) is 5.11. The van der Waals surface area contributed by atoms with Gasteiger partial charge >= 0.3 is 0 Å². The predicted molar refractivity (Wildman–Crippen MR) is 106 cm³/mol. The van der Waals surface area contributed by atoms with Gasteiger partial charge in [-0.25, -0.2) is 0 Å². The van der Waals surface area contributed by atoms with E-state index in [1.54, 1.807) is 47.4 Å². The summed E-state index contributed by atoms with van der Waals surface area (Å²) in [6, 6.07) is 22.1. The molecule has 28 heavy (non-hydrogen) atoms. The number of pyridine rings is 1. The maximum absolute atomic E-state index is 12.4. The molecule has 0 unspecified atom stereocenters. The number of rotatable bonds is 6. The van der Waals surface area contributed by atoms with Crippen molar-refractivity contribution in [3.63, 3.8) is 0 Å². The molecule has 2 aromatic carbocycles. The van der Waals surface area contributed by atoms with Gasteiger partial charge in [0.1, 0.15) is 11.5 Å². The van der Waals surface area contributed by atoms with Crippen molar-refractivity contribution in [2.45, 2.75) is 6.54 Å². The van der Waals surface area contributed by atoms with Gasteiger partial charge in [0.15, 0.2) is 5.82 Å². The summed E-state index contributed by atoms with van der Waals surface area (Å²) in [6.07, 6.45) is 5.31. The Labute approximate surface area is 162 Å². The van der Waals surface area contributed by atoms with Crippen LogP contribution in [0, 0.1) is 0 Å². The summed E-state index contributed by atoms with van der Waals surface area (Å²) in [5.74, 6) is 1.70. The highest BCUT2D eigenvalue weighted by Gasteiger charge is 2.09. The minimum atomic E-state index is -0.222. The summed E-state index contributed by atoms with van der Waals surface area (Å²) in [6.45, 7) is 0.615. The zero-order chi connectivity index (χ0) is 19.2. The second-order valence-electron chi connectivity index (χ2n) is 6.15. The van der Waals surface area contributed by atoms with Crippen LogP contribution in [0.1, 0.15) is 15.9 Å². The highest BCUT2D eigenvalue weighted by atomic mass is 16.5. The second kappa shape index (κ2) is 8.18. The first-order chi connectivity index (χ1) is 13.8. The molecule has 6 heteroatoms. The Morgan fingerprint density at radius 2 is 1.61 bits per heavy atom. The molecule has 2 aromatic heterocycles. The average Bonchev–Trinajstić information content (AvgIpc) is 3.17. The van der Waals surface area contributed by atoms with Crippen molar-refractivity contribution in [1.29, 1.82) is 0 Å². The second-order valence-corrected chi connectivity index (χ2v) is 6.15. The third-order valence-electron chi connectivity index (χ3n) is 4.07. The zero-order valence-corrected chi connectivity index (χ0v) is 15.0. The molecule has 1 amide bonds. The van der Waals surface area contributed by atoms with Crippen LogP contribution in [0.2, 0.25) is 0 Å². The van der Waals surface area contributed by atoms with E-state index in [0.29, 0.717) is 23.7 Å². The molecule has 0 bridgehead atoms. The fourth-order valence-electron chi connectivity index (χ4n) is 2.68. The van der Waals surface area contributed by atoms with Crippen molar-refractivity contribution in [1.82, 2.24) is 14.8 Å². The Balaban J connectivity index is 1.37. The van der Waals surface area contributed by atoms with Gasteiger partial charge in [0, 0.05) is 30.2 Å². The van der Waals surface area contributed by atoms with E-state index < -0.39 is 0 Å². The number of ether oxygens (including phenoxy) is 1. The normalized spacial score (nSPS) is 10.4. The van der Waals surface area contributed by atoms with Crippen molar-refractivity contribution < 1.29 is 9.53 Å². The van der Waals surface area contributed by atoms with E-state index in [1.165, 1.54) is 0 Å². The van der Waals surface area contributed by atoms with Crippen LogP contribution in [0.3, 0.4) is 0 Å². The summed E-state index contributed by atoms with van der Waals surface area (Å²) in [5.41, 5.74) is 1.62. The third kappa shape index (κ3) is 4.42. The number of anilines is 1. The minimum Gasteiger partial charge on any atom is -0.457 e. The van der Waals surface area contributed by atoms with E-state index in [9.17, 15) is 4.79 Å². The highest BCUT2D eigenvalue weighted by Crippen LogP contribution is 2.21.